The molecule has 11 heteroatoms. The molecular weight excluding hydrogens is 466 g/mol. The van der Waals surface area contributed by atoms with E-state index in [1.165, 1.54) is 4.57 Å². The lowest BCUT2D eigenvalue weighted by Crippen LogP contribution is -2.47. The fourth-order valence-electron chi connectivity index (χ4n) is 3.68. The van der Waals surface area contributed by atoms with Crippen molar-refractivity contribution in [3.63, 3.8) is 0 Å². The largest absolute Gasteiger partial charge is 0.360 e. The average Bonchev–Trinajstić information content (AvgIpc) is 3.15. The number of amides is 2. The molecule has 0 saturated carbocycles. The maximum atomic E-state index is 12.8. The van der Waals surface area contributed by atoms with Gasteiger partial charge in [0.25, 0.3) is 11.5 Å². The molecule has 3 N–H and O–H groups in total. The van der Waals surface area contributed by atoms with Gasteiger partial charge in [-0.2, -0.15) is 5.26 Å². The first-order valence-electron chi connectivity index (χ1n) is 11.6. The van der Waals surface area contributed by atoms with Gasteiger partial charge in [-0.15, -0.1) is 11.3 Å². The summed E-state index contributed by atoms with van der Waals surface area (Å²) in [4.78, 5) is 41.9. The number of nitrogens with one attached hydrogen (secondary N) is 3. The SMILES string of the molecule is CCNC(=O)C(C#N)=c1sc(=CNc2cccc(NC(=O)CN3CCN(C)CC3)c2)c(=O)n1CC. The Bertz CT molecular complexity index is 1280. The van der Waals surface area contributed by atoms with Crippen LogP contribution in [-0.2, 0) is 16.1 Å². The predicted octanol–water partition coefficient (Wildman–Crippen LogP) is -0.224. The van der Waals surface area contributed by atoms with Crippen molar-refractivity contribution in [2.45, 2.75) is 20.4 Å². The lowest BCUT2D eigenvalue weighted by Gasteiger charge is -2.31. The summed E-state index contributed by atoms with van der Waals surface area (Å²) in [7, 11) is 2.07. The number of rotatable bonds is 8. The van der Waals surface area contributed by atoms with E-state index in [2.05, 4.69) is 32.8 Å². The zero-order chi connectivity index (χ0) is 25.4. The van der Waals surface area contributed by atoms with Gasteiger partial charge in [0.05, 0.1) is 6.54 Å². The van der Waals surface area contributed by atoms with Crippen LogP contribution < -0.4 is 30.7 Å². The average molecular weight is 498 g/mol. The van der Waals surface area contributed by atoms with Crippen LogP contribution in [0.4, 0.5) is 11.4 Å². The van der Waals surface area contributed by atoms with Crippen LogP contribution in [0, 0.1) is 11.3 Å². The highest BCUT2D eigenvalue weighted by Crippen LogP contribution is 2.15. The molecule has 3 rings (SSSR count). The number of likely N-dealkylation sites (N-methyl/N-ethyl adjacent to an activating group) is 1. The summed E-state index contributed by atoms with van der Waals surface area (Å²) in [5.74, 6) is -0.577. The van der Waals surface area contributed by atoms with E-state index in [1.807, 2.05) is 18.2 Å². The monoisotopic (exact) mass is 497 g/mol. The summed E-state index contributed by atoms with van der Waals surface area (Å²) in [6.07, 6.45) is 1.56. The van der Waals surface area contributed by atoms with Crippen molar-refractivity contribution in [1.82, 2.24) is 19.7 Å². The maximum Gasteiger partial charge on any atom is 0.270 e. The van der Waals surface area contributed by atoms with Crippen LogP contribution in [0.5, 0.6) is 0 Å². The van der Waals surface area contributed by atoms with Crippen LogP contribution in [0.1, 0.15) is 13.8 Å². The van der Waals surface area contributed by atoms with Crippen LogP contribution in [0.15, 0.2) is 29.1 Å². The molecule has 0 spiro atoms. The number of nitriles is 1. The first-order valence-corrected chi connectivity index (χ1v) is 12.4. The van der Waals surface area contributed by atoms with Crippen molar-refractivity contribution in [2.75, 3.05) is 56.9 Å². The lowest BCUT2D eigenvalue weighted by molar-refractivity contribution is -0.118. The minimum atomic E-state index is -0.502. The molecule has 0 radical (unpaired) electrons. The van der Waals surface area contributed by atoms with Gasteiger partial charge in [-0.05, 0) is 39.1 Å². The zero-order valence-corrected chi connectivity index (χ0v) is 21.1. The van der Waals surface area contributed by atoms with E-state index in [0.717, 1.165) is 37.5 Å². The van der Waals surface area contributed by atoms with E-state index in [9.17, 15) is 19.6 Å². The molecule has 2 heterocycles. The molecule has 35 heavy (non-hydrogen) atoms. The van der Waals surface area contributed by atoms with Gasteiger partial charge in [0.2, 0.25) is 5.91 Å². The van der Waals surface area contributed by atoms with E-state index in [0.29, 0.717) is 40.2 Å². The molecule has 1 fully saturated rings. The number of carbonyl (C=O) groups is 2. The van der Waals surface area contributed by atoms with Crippen LogP contribution in [0.2, 0.25) is 0 Å². The van der Waals surface area contributed by atoms with Gasteiger partial charge in [0, 0.05) is 56.8 Å². The van der Waals surface area contributed by atoms with Gasteiger partial charge in [-0.3, -0.25) is 23.9 Å². The maximum absolute atomic E-state index is 12.8. The van der Waals surface area contributed by atoms with E-state index in [1.54, 1.807) is 32.2 Å². The first-order chi connectivity index (χ1) is 16.9. The van der Waals surface area contributed by atoms with E-state index < -0.39 is 5.91 Å². The van der Waals surface area contributed by atoms with Crippen molar-refractivity contribution in [3.8, 4) is 6.07 Å². The first kappa shape index (κ1) is 26.2. The number of benzene rings is 1. The standard InChI is InChI=1S/C24H31N7O3S/c1-4-26-22(33)19(14-25)24-31(5-2)23(34)20(35-24)15-27-17-7-6-8-18(13-17)28-21(32)16-30-11-9-29(3)10-12-30/h6-8,13,15,27H,4-5,9-12,16H2,1-3H3,(H,26,33)(H,28,32). The normalized spacial score (nSPS) is 15.9. The molecule has 0 atom stereocenters. The molecule has 186 valence electrons. The smallest absolute Gasteiger partial charge is 0.270 e. The molecule has 0 bridgehead atoms. The number of hydrogen-bond acceptors (Lipinski definition) is 8. The van der Waals surface area contributed by atoms with Gasteiger partial charge in [0.15, 0.2) is 5.57 Å². The minimum absolute atomic E-state index is 0.0747. The molecule has 1 aromatic heterocycles. The van der Waals surface area contributed by atoms with Gasteiger partial charge in [-0.1, -0.05) is 6.07 Å². The van der Waals surface area contributed by atoms with Gasteiger partial charge < -0.3 is 20.9 Å². The second-order valence-corrected chi connectivity index (χ2v) is 9.19. The second-order valence-electron chi connectivity index (χ2n) is 8.16. The Labute approximate surface area is 208 Å². The summed E-state index contributed by atoms with van der Waals surface area (Å²) in [6, 6.07) is 9.14. The van der Waals surface area contributed by atoms with E-state index >= 15 is 0 Å². The third kappa shape index (κ3) is 6.79. The lowest BCUT2D eigenvalue weighted by atomic mass is 10.2. The molecule has 1 saturated heterocycles. The third-order valence-corrected chi connectivity index (χ3v) is 6.72. The van der Waals surface area contributed by atoms with Crippen LogP contribution in [0.3, 0.4) is 0 Å². The number of carbonyl (C=O) groups excluding carboxylic acids is 2. The Hall–Kier alpha value is -3.46. The molecular formula is C24H31N7O3S. The Morgan fingerprint density at radius 3 is 2.54 bits per heavy atom. The van der Waals surface area contributed by atoms with Crippen molar-refractivity contribution < 1.29 is 9.59 Å². The third-order valence-electron chi connectivity index (χ3n) is 5.59. The fraction of sp³-hybridized carbons (Fsp3) is 0.417. The highest BCUT2D eigenvalue weighted by Gasteiger charge is 2.17. The molecule has 1 aliphatic rings. The van der Waals surface area contributed by atoms with Crippen LogP contribution in [0.25, 0.3) is 11.8 Å². The van der Waals surface area contributed by atoms with E-state index in [-0.39, 0.29) is 17.0 Å². The Balaban J connectivity index is 1.77. The predicted molar refractivity (Wildman–Crippen MR) is 138 cm³/mol. The zero-order valence-electron chi connectivity index (χ0n) is 20.3. The Kier molecular flexibility index (Phi) is 9.19. The molecule has 2 aromatic rings. The fourth-order valence-corrected chi connectivity index (χ4v) is 4.77. The quantitative estimate of drug-likeness (QED) is 0.461. The van der Waals surface area contributed by atoms with Crippen molar-refractivity contribution in [1.29, 1.82) is 5.26 Å². The Morgan fingerprint density at radius 1 is 1.17 bits per heavy atom. The number of thiazole rings is 1. The molecule has 1 aliphatic heterocycles. The number of aromatic nitrogens is 1. The summed E-state index contributed by atoms with van der Waals surface area (Å²) < 4.78 is 2.10. The Morgan fingerprint density at radius 2 is 1.89 bits per heavy atom. The topological polar surface area (TPSA) is 122 Å². The molecule has 1 aromatic carbocycles. The summed E-state index contributed by atoms with van der Waals surface area (Å²) in [5, 5.41) is 18.1. The minimum Gasteiger partial charge on any atom is -0.360 e. The van der Waals surface area contributed by atoms with Crippen LogP contribution in [-0.4, -0.2) is 72.5 Å². The van der Waals surface area contributed by atoms with Crippen molar-refractivity contribution in [2.24, 2.45) is 0 Å². The van der Waals surface area contributed by atoms with Crippen LogP contribution >= 0.6 is 11.3 Å². The number of piperazine rings is 1. The van der Waals surface area contributed by atoms with Crippen molar-refractivity contribution in [3.05, 3.63) is 43.8 Å². The number of anilines is 2. The van der Waals surface area contributed by atoms with Gasteiger partial charge in [0.1, 0.15) is 15.3 Å². The molecule has 10 nitrogen and oxygen atoms in total. The molecule has 0 unspecified atom stereocenters. The van der Waals surface area contributed by atoms with Crippen molar-refractivity contribution >= 4 is 46.3 Å². The summed E-state index contributed by atoms with van der Waals surface area (Å²) in [6.45, 7) is 8.23. The highest BCUT2D eigenvalue weighted by atomic mass is 32.1. The van der Waals surface area contributed by atoms with E-state index in [4.69, 9.17) is 0 Å². The van der Waals surface area contributed by atoms with Gasteiger partial charge in [-0.25, -0.2) is 0 Å². The second kappa shape index (κ2) is 12.3. The number of nitrogens with zero attached hydrogens (tertiary/aromatic N) is 4. The highest BCUT2D eigenvalue weighted by molar-refractivity contribution is 7.07. The van der Waals surface area contributed by atoms with Gasteiger partial charge >= 0.3 is 0 Å². The number of hydrogen-bond donors (Lipinski definition) is 3. The summed E-state index contributed by atoms with van der Waals surface area (Å²) in [5.41, 5.74) is 0.971. The summed E-state index contributed by atoms with van der Waals surface area (Å²) >= 11 is 1.08. The molecule has 2 amide bonds. The molecule has 0 aliphatic carbocycles.